The Morgan fingerprint density at radius 1 is 1.00 bits per heavy atom. The lowest BCUT2D eigenvalue weighted by Crippen LogP contribution is -2.30. The van der Waals surface area contributed by atoms with Gasteiger partial charge in [-0.3, -0.25) is 14.1 Å². The Hall–Kier alpha value is -3.17. The molecule has 0 aliphatic rings. The minimum absolute atomic E-state index is 0.0142. The smallest absolute Gasteiger partial charge is 0.264 e. The van der Waals surface area contributed by atoms with Gasteiger partial charge in [0.2, 0.25) is 5.91 Å². The Morgan fingerprint density at radius 3 is 2.00 bits per heavy atom. The van der Waals surface area contributed by atoms with Gasteiger partial charge in [-0.25, -0.2) is 0 Å². The Morgan fingerprint density at radius 2 is 1.53 bits per heavy atom. The molecule has 0 heterocycles. The molecule has 30 heavy (non-hydrogen) atoms. The summed E-state index contributed by atoms with van der Waals surface area (Å²) < 4.78 is 26.9. The summed E-state index contributed by atoms with van der Waals surface area (Å²) in [5.74, 6) is -0.708. The van der Waals surface area contributed by atoms with E-state index >= 15 is 0 Å². The van der Waals surface area contributed by atoms with E-state index in [1.165, 1.54) is 25.1 Å². The predicted octanol–water partition coefficient (Wildman–Crippen LogP) is 2.58. The van der Waals surface area contributed by atoms with Gasteiger partial charge >= 0.3 is 0 Å². The van der Waals surface area contributed by atoms with E-state index in [9.17, 15) is 23.1 Å². The molecule has 0 saturated carbocycles. The summed E-state index contributed by atoms with van der Waals surface area (Å²) in [5.41, 5.74) is 1.48. The minimum atomic E-state index is -3.66. The zero-order valence-electron chi connectivity index (χ0n) is 17.0. The standard InChI is InChI=1S/C19H20N2O3.C2H6O3S/c1-13(2)20-18(23)12-17(14-8-10-16(22)11-9-14)21-19(24)15-6-4-3-5-7-15;1-2-6(3,4)5/h3-13,22H,1-2H3,(H,20,23)(H,21,24);2H2,1H3,(H,3,4,5). The highest BCUT2D eigenvalue weighted by atomic mass is 32.2. The fourth-order valence-corrected chi connectivity index (χ4v) is 2.07. The Balaban J connectivity index is 0.000000656. The minimum Gasteiger partial charge on any atom is -0.508 e. The number of nitrogens with one attached hydrogen (secondary N) is 2. The highest BCUT2D eigenvalue weighted by Gasteiger charge is 2.11. The summed E-state index contributed by atoms with van der Waals surface area (Å²) in [6.45, 7) is 5.08. The number of phenols is 1. The van der Waals surface area contributed by atoms with E-state index < -0.39 is 10.1 Å². The van der Waals surface area contributed by atoms with Gasteiger partial charge in [0.1, 0.15) is 5.75 Å². The third-order valence-corrected chi connectivity index (χ3v) is 4.26. The third kappa shape index (κ3) is 9.85. The van der Waals surface area contributed by atoms with Gasteiger partial charge in [0.25, 0.3) is 16.0 Å². The molecule has 8 nitrogen and oxygen atoms in total. The van der Waals surface area contributed by atoms with Crippen molar-refractivity contribution in [3.05, 3.63) is 71.8 Å². The molecule has 0 fully saturated rings. The first-order valence-electron chi connectivity index (χ1n) is 9.15. The van der Waals surface area contributed by atoms with Gasteiger partial charge in [-0.1, -0.05) is 18.2 Å². The van der Waals surface area contributed by atoms with Gasteiger partial charge < -0.3 is 15.7 Å². The lowest BCUT2D eigenvalue weighted by molar-refractivity contribution is -0.116. The van der Waals surface area contributed by atoms with Crippen molar-refractivity contribution in [2.75, 3.05) is 5.75 Å². The molecule has 162 valence electrons. The van der Waals surface area contributed by atoms with Crippen LogP contribution in [0.25, 0.3) is 5.70 Å². The number of amides is 2. The quantitative estimate of drug-likeness (QED) is 0.408. The molecule has 2 aromatic rings. The van der Waals surface area contributed by atoms with Gasteiger partial charge in [-0.15, -0.1) is 0 Å². The SMILES string of the molecule is CC(C)NC(=O)C=C(NC(=O)c1ccccc1)c1ccc(O)cc1.CCS(=O)(=O)O. The third-order valence-electron chi connectivity index (χ3n) is 3.53. The first-order valence-corrected chi connectivity index (χ1v) is 10.8. The van der Waals surface area contributed by atoms with Crippen LogP contribution in [0.4, 0.5) is 0 Å². The fraction of sp³-hybridized carbons (Fsp3) is 0.238. The van der Waals surface area contributed by atoms with Crippen molar-refractivity contribution in [2.45, 2.75) is 26.8 Å². The van der Waals surface area contributed by atoms with Crippen LogP contribution in [0.5, 0.6) is 5.75 Å². The van der Waals surface area contributed by atoms with E-state index in [0.717, 1.165) is 0 Å². The Bertz CT molecular complexity index is 968. The van der Waals surface area contributed by atoms with Gasteiger partial charge in [-0.2, -0.15) is 8.42 Å². The van der Waals surface area contributed by atoms with Crippen LogP contribution >= 0.6 is 0 Å². The molecule has 2 amide bonds. The topological polar surface area (TPSA) is 133 Å². The average Bonchev–Trinajstić information content (AvgIpc) is 2.68. The van der Waals surface area contributed by atoms with E-state index in [4.69, 9.17) is 4.55 Å². The van der Waals surface area contributed by atoms with Gasteiger partial charge in [0, 0.05) is 17.7 Å². The summed E-state index contributed by atoms with van der Waals surface area (Å²) in [6.07, 6.45) is 1.34. The van der Waals surface area contributed by atoms with Crippen LogP contribution in [0.15, 0.2) is 60.7 Å². The molecule has 0 aromatic heterocycles. The van der Waals surface area contributed by atoms with Gasteiger partial charge in [0.05, 0.1) is 11.4 Å². The van der Waals surface area contributed by atoms with Crippen molar-refractivity contribution in [1.29, 1.82) is 0 Å². The normalized spacial score (nSPS) is 11.3. The molecular formula is C21H26N2O6S. The van der Waals surface area contributed by atoms with Gasteiger partial charge in [-0.05, 0) is 62.7 Å². The van der Waals surface area contributed by atoms with E-state index in [1.54, 1.807) is 36.4 Å². The molecule has 0 atom stereocenters. The number of aromatic hydroxyl groups is 1. The predicted molar refractivity (Wildman–Crippen MR) is 115 cm³/mol. The second-order valence-corrected chi connectivity index (χ2v) is 8.20. The molecule has 4 N–H and O–H groups in total. The molecule has 9 heteroatoms. The van der Waals surface area contributed by atoms with Crippen LogP contribution in [-0.2, 0) is 14.9 Å². The van der Waals surface area contributed by atoms with Crippen LogP contribution in [-0.4, -0.2) is 41.7 Å². The summed E-state index contributed by atoms with van der Waals surface area (Å²) in [4.78, 5) is 24.4. The second-order valence-electron chi connectivity index (χ2n) is 6.46. The molecular weight excluding hydrogens is 408 g/mol. The number of benzene rings is 2. The maximum atomic E-state index is 12.4. The molecule has 0 unspecified atom stereocenters. The molecule has 2 aromatic carbocycles. The number of carbonyl (C=O) groups is 2. The van der Waals surface area contributed by atoms with Crippen molar-refractivity contribution < 1.29 is 27.7 Å². The van der Waals surface area contributed by atoms with Crippen molar-refractivity contribution in [3.63, 3.8) is 0 Å². The van der Waals surface area contributed by atoms with Crippen LogP contribution in [0.1, 0.15) is 36.7 Å². The summed E-state index contributed by atoms with van der Waals surface area (Å²) >= 11 is 0. The van der Waals surface area contributed by atoms with E-state index in [1.807, 2.05) is 19.9 Å². The maximum Gasteiger partial charge on any atom is 0.264 e. The number of phenolic OH excluding ortho intramolecular Hbond substituents is 1. The fourth-order valence-electron chi connectivity index (χ4n) is 2.07. The lowest BCUT2D eigenvalue weighted by atomic mass is 10.1. The van der Waals surface area contributed by atoms with Crippen LogP contribution in [0.2, 0.25) is 0 Å². The monoisotopic (exact) mass is 434 g/mol. The lowest BCUT2D eigenvalue weighted by Gasteiger charge is -2.12. The van der Waals surface area contributed by atoms with Crippen molar-refractivity contribution in [1.82, 2.24) is 10.6 Å². The van der Waals surface area contributed by atoms with Crippen molar-refractivity contribution >= 4 is 27.6 Å². The van der Waals surface area contributed by atoms with Crippen LogP contribution in [0.3, 0.4) is 0 Å². The summed E-state index contributed by atoms with van der Waals surface area (Å²) in [6, 6.07) is 15.0. The summed E-state index contributed by atoms with van der Waals surface area (Å²) in [7, 11) is -3.66. The molecule has 0 spiro atoms. The average molecular weight is 435 g/mol. The highest BCUT2D eigenvalue weighted by Crippen LogP contribution is 2.17. The Kier molecular flexibility index (Phi) is 9.73. The number of hydrogen-bond acceptors (Lipinski definition) is 5. The number of hydrogen-bond donors (Lipinski definition) is 4. The largest absolute Gasteiger partial charge is 0.508 e. The van der Waals surface area contributed by atoms with E-state index in [0.29, 0.717) is 16.8 Å². The van der Waals surface area contributed by atoms with Crippen LogP contribution < -0.4 is 10.6 Å². The second kappa shape index (κ2) is 11.7. The van der Waals surface area contributed by atoms with E-state index in [-0.39, 0.29) is 29.4 Å². The summed E-state index contributed by atoms with van der Waals surface area (Å²) in [5, 5.41) is 14.9. The molecule has 0 radical (unpaired) electrons. The molecule has 0 bridgehead atoms. The van der Waals surface area contributed by atoms with E-state index in [2.05, 4.69) is 10.6 Å². The van der Waals surface area contributed by atoms with Crippen LogP contribution in [0, 0.1) is 0 Å². The first-order chi connectivity index (χ1) is 14.0. The first kappa shape index (κ1) is 24.9. The zero-order valence-corrected chi connectivity index (χ0v) is 17.8. The Labute approximate surface area is 176 Å². The number of carbonyl (C=O) groups excluding carboxylic acids is 2. The molecule has 2 rings (SSSR count). The molecule has 0 aliphatic heterocycles. The molecule has 0 saturated heterocycles. The van der Waals surface area contributed by atoms with Gasteiger partial charge in [0.15, 0.2) is 0 Å². The van der Waals surface area contributed by atoms with Crippen molar-refractivity contribution in [2.24, 2.45) is 0 Å². The highest BCUT2D eigenvalue weighted by molar-refractivity contribution is 7.85. The maximum absolute atomic E-state index is 12.4. The van der Waals surface area contributed by atoms with Crippen molar-refractivity contribution in [3.8, 4) is 5.75 Å². The number of rotatable bonds is 6. The zero-order chi connectivity index (χ0) is 22.7. The molecule has 0 aliphatic carbocycles.